The highest BCUT2D eigenvalue weighted by atomic mass is 16.4. The van der Waals surface area contributed by atoms with Crippen molar-refractivity contribution in [1.82, 2.24) is 5.32 Å². The minimum absolute atomic E-state index is 0.0706. The second-order valence-electron chi connectivity index (χ2n) is 5.32. The van der Waals surface area contributed by atoms with Gasteiger partial charge in [0.15, 0.2) is 0 Å². The van der Waals surface area contributed by atoms with Crippen molar-refractivity contribution in [2.45, 2.75) is 25.8 Å². The van der Waals surface area contributed by atoms with Gasteiger partial charge in [0, 0.05) is 12.0 Å². The number of amides is 2. The highest BCUT2D eigenvalue weighted by Crippen LogP contribution is 2.25. The lowest BCUT2D eigenvalue weighted by atomic mass is 10.1. The molecule has 7 heteroatoms. The van der Waals surface area contributed by atoms with E-state index in [9.17, 15) is 14.4 Å². The Kier molecular flexibility index (Phi) is 5.36. The van der Waals surface area contributed by atoms with Crippen molar-refractivity contribution >= 4 is 17.8 Å². The number of nitrogens with two attached hydrogens (primary N) is 1. The van der Waals surface area contributed by atoms with Gasteiger partial charge in [-0.2, -0.15) is 0 Å². The normalized spacial score (nSPS) is 11.7. The first-order valence-corrected chi connectivity index (χ1v) is 7.36. The molecule has 0 aliphatic carbocycles. The Labute approximate surface area is 138 Å². The molecule has 1 aromatic heterocycles. The average molecular weight is 330 g/mol. The fourth-order valence-electron chi connectivity index (χ4n) is 2.23. The summed E-state index contributed by atoms with van der Waals surface area (Å²) in [7, 11) is 0. The van der Waals surface area contributed by atoms with Crippen molar-refractivity contribution in [2.75, 3.05) is 0 Å². The molecule has 1 aromatic carbocycles. The van der Waals surface area contributed by atoms with Crippen molar-refractivity contribution < 1.29 is 23.9 Å². The van der Waals surface area contributed by atoms with Gasteiger partial charge in [-0.15, -0.1) is 0 Å². The van der Waals surface area contributed by atoms with Crippen molar-refractivity contribution in [3.05, 3.63) is 47.7 Å². The highest BCUT2D eigenvalue weighted by Gasteiger charge is 2.23. The van der Waals surface area contributed by atoms with Crippen LogP contribution in [0.2, 0.25) is 0 Å². The average Bonchev–Trinajstić information content (AvgIpc) is 2.93. The Hall–Kier alpha value is -3.09. The summed E-state index contributed by atoms with van der Waals surface area (Å²) in [6, 6.07) is 9.60. The van der Waals surface area contributed by atoms with E-state index in [-0.39, 0.29) is 18.4 Å². The minimum Gasteiger partial charge on any atom is -0.480 e. The third-order valence-electron chi connectivity index (χ3n) is 3.50. The summed E-state index contributed by atoms with van der Waals surface area (Å²) < 4.78 is 5.58. The molecule has 126 valence electrons. The molecule has 4 N–H and O–H groups in total. The zero-order valence-corrected chi connectivity index (χ0v) is 13.1. The first-order chi connectivity index (χ1) is 11.4. The minimum atomic E-state index is -1.23. The van der Waals surface area contributed by atoms with E-state index in [1.807, 2.05) is 30.3 Å². The number of hydrogen-bond donors (Lipinski definition) is 3. The van der Waals surface area contributed by atoms with Gasteiger partial charge in [-0.1, -0.05) is 30.3 Å². The van der Waals surface area contributed by atoms with E-state index in [0.717, 1.165) is 5.56 Å². The van der Waals surface area contributed by atoms with Gasteiger partial charge in [-0.25, -0.2) is 4.79 Å². The molecule has 1 heterocycles. The SMILES string of the molecule is Cc1oc(-c2ccccc2)cc1C(=O)N[C@H](CCC(N)=O)C(=O)O. The van der Waals surface area contributed by atoms with Crippen LogP contribution in [-0.2, 0) is 9.59 Å². The van der Waals surface area contributed by atoms with Crippen molar-refractivity contribution in [1.29, 1.82) is 0 Å². The number of furan rings is 1. The van der Waals surface area contributed by atoms with Crippen LogP contribution in [0.25, 0.3) is 11.3 Å². The van der Waals surface area contributed by atoms with E-state index >= 15 is 0 Å². The van der Waals surface area contributed by atoms with Crippen LogP contribution < -0.4 is 11.1 Å². The Morgan fingerprint density at radius 1 is 1.25 bits per heavy atom. The number of rotatable bonds is 7. The summed E-state index contributed by atoms with van der Waals surface area (Å²) in [5, 5.41) is 11.5. The van der Waals surface area contributed by atoms with E-state index in [4.69, 9.17) is 15.3 Å². The van der Waals surface area contributed by atoms with Crippen LogP contribution in [0.3, 0.4) is 0 Å². The maximum Gasteiger partial charge on any atom is 0.326 e. The summed E-state index contributed by atoms with van der Waals surface area (Å²) in [6.45, 7) is 1.63. The molecule has 0 saturated carbocycles. The largest absolute Gasteiger partial charge is 0.480 e. The number of aliphatic carboxylic acids is 1. The monoisotopic (exact) mass is 330 g/mol. The van der Waals surface area contributed by atoms with Gasteiger partial charge in [0.25, 0.3) is 5.91 Å². The summed E-state index contributed by atoms with van der Waals surface area (Å²) >= 11 is 0. The van der Waals surface area contributed by atoms with E-state index in [1.54, 1.807) is 13.0 Å². The molecule has 7 nitrogen and oxygen atoms in total. The van der Waals surface area contributed by atoms with Crippen LogP contribution >= 0.6 is 0 Å². The zero-order valence-electron chi connectivity index (χ0n) is 13.1. The molecule has 0 fully saturated rings. The maximum atomic E-state index is 12.3. The number of carboxylic acid groups (broad SMARTS) is 1. The second kappa shape index (κ2) is 7.45. The van der Waals surface area contributed by atoms with E-state index in [2.05, 4.69) is 5.32 Å². The molecule has 1 atom stereocenters. The molecule has 0 radical (unpaired) electrons. The van der Waals surface area contributed by atoms with Crippen LogP contribution in [0.15, 0.2) is 40.8 Å². The molecule has 0 spiro atoms. The van der Waals surface area contributed by atoms with Gasteiger partial charge in [0.2, 0.25) is 5.91 Å². The number of nitrogens with one attached hydrogen (secondary N) is 1. The lowest BCUT2D eigenvalue weighted by molar-refractivity contribution is -0.139. The lowest BCUT2D eigenvalue weighted by Crippen LogP contribution is -2.41. The van der Waals surface area contributed by atoms with Crippen molar-refractivity contribution in [3.63, 3.8) is 0 Å². The van der Waals surface area contributed by atoms with Gasteiger partial charge < -0.3 is 20.6 Å². The summed E-state index contributed by atoms with van der Waals surface area (Å²) in [5.41, 5.74) is 6.07. The molecular weight excluding hydrogens is 312 g/mol. The predicted octanol–water partition coefficient (Wildman–Crippen LogP) is 1.70. The summed E-state index contributed by atoms with van der Waals surface area (Å²) in [5.74, 6) is -1.53. The van der Waals surface area contributed by atoms with E-state index in [1.165, 1.54) is 0 Å². The third kappa shape index (κ3) is 4.22. The number of hydrogen-bond acceptors (Lipinski definition) is 4. The van der Waals surface area contributed by atoms with Crippen LogP contribution in [0.5, 0.6) is 0 Å². The summed E-state index contributed by atoms with van der Waals surface area (Å²) in [4.78, 5) is 34.3. The number of primary amides is 1. The van der Waals surface area contributed by atoms with Gasteiger partial charge in [-0.3, -0.25) is 9.59 Å². The quantitative estimate of drug-likeness (QED) is 0.713. The second-order valence-corrected chi connectivity index (χ2v) is 5.32. The van der Waals surface area contributed by atoms with E-state index in [0.29, 0.717) is 11.5 Å². The fourth-order valence-corrected chi connectivity index (χ4v) is 2.23. The molecule has 0 aliphatic rings. The van der Waals surface area contributed by atoms with Crippen LogP contribution in [0.1, 0.15) is 29.0 Å². The first kappa shape index (κ1) is 17.3. The Bertz CT molecular complexity index is 752. The molecule has 0 aliphatic heterocycles. The molecule has 0 unspecified atom stereocenters. The molecule has 0 bridgehead atoms. The molecule has 24 heavy (non-hydrogen) atoms. The molecule has 0 saturated heterocycles. The van der Waals surface area contributed by atoms with Gasteiger partial charge in [0.1, 0.15) is 17.6 Å². The molecule has 2 amide bonds. The topological polar surface area (TPSA) is 123 Å². The summed E-state index contributed by atoms with van der Waals surface area (Å²) in [6.07, 6.45) is -0.199. The fraction of sp³-hybridized carbons (Fsp3) is 0.235. The van der Waals surface area contributed by atoms with Gasteiger partial charge >= 0.3 is 5.97 Å². The van der Waals surface area contributed by atoms with Crippen LogP contribution in [-0.4, -0.2) is 28.9 Å². The smallest absolute Gasteiger partial charge is 0.326 e. The van der Waals surface area contributed by atoms with Gasteiger partial charge in [0.05, 0.1) is 5.56 Å². The number of benzene rings is 1. The van der Waals surface area contributed by atoms with E-state index < -0.39 is 23.8 Å². The lowest BCUT2D eigenvalue weighted by Gasteiger charge is -2.13. The van der Waals surface area contributed by atoms with Crippen LogP contribution in [0, 0.1) is 6.92 Å². The Morgan fingerprint density at radius 3 is 2.50 bits per heavy atom. The zero-order chi connectivity index (χ0) is 17.7. The number of carbonyl (C=O) groups is 3. The third-order valence-corrected chi connectivity index (χ3v) is 3.50. The van der Waals surface area contributed by atoms with Gasteiger partial charge in [-0.05, 0) is 19.4 Å². The predicted molar refractivity (Wildman–Crippen MR) is 86.2 cm³/mol. The molecule has 2 rings (SSSR count). The number of carboxylic acids is 1. The van der Waals surface area contributed by atoms with Crippen molar-refractivity contribution in [2.24, 2.45) is 5.73 Å². The number of aryl methyl sites for hydroxylation is 1. The molecular formula is C17H18N2O5. The maximum absolute atomic E-state index is 12.3. The standard InChI is InChI=1S/C17H18N2O5/c1-10-12(9-14(24-10)11-5-3-2-4-6-11)16(21)19-13(17(22)23)7-8-15(18)20/h2-6,9,13H,7-8H2,1H3,(H2,18,20)(H,19,21)(H,22,23)/t13-/m1/s1. The van der Waals surface area contributed by atoms with Crippen molar-refractivity contribution in [3.8, 4) is 11.3 Å². The molecule has 2 aromatic rings. The highest BCUT2D eigenvalue weighted by molar-refractivity contribution is 5.98. The number of carbonyl (C=O) groups excluding carboxylic acids is 2. The van der Waals surface area contributed by atoms with Crippen LogP contribution in [0.4, 0.5) is 0 Å². The Morgan fingerprint density at radius 2 is 1.92 bits per heavy atom. The Balaban J connectivity index is 2.15. The first-order valence-electron chi connectivity index (χ1n) is 7.36.